The van der Waals surface area contributed by atoms with Crippen molar-refractivity contribution >= 4 is 16.7 Å². The van der Waals surface area contributed by atoms with Crippen molar-refractivity contribution in [2.45, 2.75) is 24.5 Å². The minimum absolute atomic E-state index is 0.0456. The SMILES string of the molecule is COc1ccc2[nH]nc(C(=O)C3N[C@H]4CN[C@H]3C4)c2c1. The van der Waals surface area contributed by atoms with Gasteiger partial charge in [0.15, 0.2) is 0 Å². The van der Waals surface area contributed by atoms with Gasteiger partial charge in [0.2, 0.25) is 5.78 Å². The molecule has 2 saturated heterocycles. The second-order valence-electron chi connectivity index (χ2n) is 5.44. The summed E-state index contributed by atoms with van der Waals surface area (Å²) >= 11 is 0. The van der Waals surface area contributed by atoms with Crippen LogP contribution in [-0.2, 0) is 0 Å². The number of nitrogens with zero attached hydrogens (tertiary/aromatic N) is 1. The van der Waals surface area contributed by atoms with Gasteiger partial charge in [0.25, 0.3) is 0 Å². The minimum atomic E-state index is -0.175. The van der Waals surface area contributed by atoms with E-state index in [1.807, 2.05) is 18.2 Å². The van der Waals surface area contributed by atoms with E-state index in [0.717, 1.165) is 29.6 Å². The summed E-state index contributed by atoms with van der Waals surface area (Å²) in [4.78, 5) is 12.7. The van der Waals surface area contributed by atoms with Crippen molar-refractivity contribution in [1.29, 1.82) is 0 Å². The normalized spacial score (nSPS) is 28.1. The van der Waals surface area contributed by atoms with E-state index in [2.05, 4.69) is 20.8 Å². The number of aromatic amines is 1. The number of H-pyrrole nitrogens is 1. The molecule has 0 saturated carbocycles. The maximum absolute atomic E-state index is 12.7. The van der Waals surface area contributed by atoms with E-state index < -0.39 is 0 Å². The van der Waals surface area contributed by atoms with Crippen molar-refractivity contribution in [1.82, 2.24) is 20.8 Å². The van der Waals surface area contributed by atoms with Gasteiger partial charge in [0.05, 0.1) is 18.7 Å². The summed E-state index contributed by atoms with van der Waals surface area (Å²) in [5.74, 6) is 0.774. The standard InChI is InChI=1S/C14H16N4O2/c1-20-8-2-3-10-9(5-8)12(18-17-10)14(19)13-11-4-7(16-13)6-15-11/h2-3,5,7,11,13,15-16H,4,6H2,1H3,(H,17,18)/t7-,11+,13?/m1/s1. The van der Waals surface area contributed by atoms with Gasteiger partial charge in [0, 0.05) is 24.0 Å². The van der Waals surface area contributed by atoms with Gasteiger partial charge < -0.3 is 15.4 Å². The van der Waals surface area contributed by atoms with Gasteiger partial charge in [-0.2, -0.15) is 5.10 Å². The summed E-state index contributed by atoms with van der Waals surface area (Å²) in [5, 5.41) is 14.7. The Balaban J connectivity index is 1.72. The smallest absolute Gasteiger partial charge is 0.202 e. The average Bonchev–Trinajstić information content (AvgIpc) is 3.20. The van der Waals surface area contributed by atoms with E-state index in [9.17, 15) is 4.79 Å². The molecule has 4 rings (SSSR count). The van der Waals surface area contributed by atoms with Crippen molar-refractivity contribution in [3.05, 3.63) is 23.9 Å². The average molecular weight is 272 g/mol. The summed E-state index contributed by atoms with van der Waals surface area (Å²) in [6, 6.07) is 6.05. The van der Waals surface area contributed by atoms with Crippen molar-refractivity contribution < 1.29 is 9.53 Å². The molecule has 104 valence electrons. The van der Waals surface area contributed by atoms with Gasteiger partial charge in [-0.1, -0.05) is 0 Å². The molecule has 2 bridgehead atoms. The highest BCUT2D eigenvalue weighted by molar-refractivity contribution is 6.09. The molecule has 1 aromatic carbocycles. The molecule has 3 atom stereocenters. The lowest BCUT2D eigenvalue weighted by atomic mass is 10.0. The van der Waals surface area contributed by atoms with Gasteiger partial charge in [-0.05, 0) is 24.6 Å². The fourth-order valence-corrected chi connectivity index (χ4v) is 3.23. The second kappa shape index (κ2) is 4.29. The Hall–Kier alpha value is -1.92. The third kappa shape index (κ3) is 1.65. The number of ketones is 1. The lowest BCUT2D eigenvalue weighted by molar-refractivity contribution is 0.0927. The third-order valence-corrected chi connectivity index (χ3v) is 4.27. The van der Waals surface area contributed by atoms with Crippen molar-refractivity contribution in [2.75, 3.05) is 13.7 Å². The molecule has 2 aromatic rings. The number of rotatable bonds is 3. The largest absolute Gasteiger partial charge is 0.497 e. The van der Waals surface area contributed by atoms with Crippen LogP contribution in [0.4, 0.5) is 0 Å². The number of methoxy groups -OCH3 is 1. The molecule has 2 aliphatic rings. The fourth-order valence-electron chi connectivity index (χ4n) is 3.23. The number of nitrogens with one attached hydrogen (secondary N) is 3. The summed E-state index contributed by atoms with van der Waals surface area (Å²) in [6.07, 6.45) is 1.02. The molecule has 2 fully saturated rings. The number of carbonyl (C=O) groups excluding carboxylic acids is 1. The van der Waals surface area contributed by atoms with Gasteiger partial charge in [-0.25, -0.2) is 0 Å². The molecule has 1 unspecified atom stereocenters. The van der Waals surface area contributed by atoms with Crippen molar-refractivity contribution in [3.8, 4) is 5.75 Å². The van der Waals surface area contributed by atoms with Crippen LogP contribution in [0.3, 0.4) is 0 Å². The molecule has 0 amide bonds. The van der Waals surface area contributed by atoms with Crippen LogP contribution in [0.1, 0.15) is 16.9 Å². The molecule has 2 aliphatic heterocycles. The highest BCUT2D eigenvalue weighted by atomic mass is 16.5. The first kappa shape index (κ1) is 11.9. The number of ether oxygens (including phenoxy) is 1. The summed E-state index contributed by atoms with van der Waals surface area (Å²) in [6.45, 7) is 0.948. The lowest BCUT2D eigenvalue weighted by Crippen LogP contribution is -2.52. The van der Waals surface area contributed by atoms with Crippen molar-refractivity contribution in [3.63, 3.8) is 0 Å². The first-order valence-corrected chi connectivity index (χ1v) is 6.82. The number of benzene rings is 1. The molecule has 0 spiro atoms. The van der Waals surface area contributed by atoms with Crippen LogP contribution in [0.2, 0.25) is 0 Å². The summed E-state index contributed by atoms with van der Waals surface area (Å²) < 4.78 is 5.22. The van der Waals surface area contributed by atoms with E-state index in [1.165, 1.54) is 0 Å². The number of aromatic nitrogens is 2. The second-order valence-corrected chi connectivity index (χ2v) is 5.44. The molecule has 6 heteroatoms. The fraction of sp³-hybridized carbons (Fsp3) is 0.429. The molecule has 20 heavy (non-hydrogen) atoms. The lowest BCUT2D eigenvalue weighted by Gasteiger charge is -2.22. The molecular weight excluding hydrogens is 256 g/mol. The van der Waals surface area contributed by atoms with Crippen LogP contribution < -0.4 is 15.4 Å². The number of Topliss-reactive ketones (excluding diaryl/α,β-unsaturated/α-hetero) is 1. The number of carbonyl (C=O) groups is 1. The predicted molar refractivity (Wildman–Crippen MR) is 74.1 cm³/mol. The highest BCUT2D eigenvalue weighted by Gasteiger charge is 2.43. The van der Waals surface area contributed by atoms with E-state index >= 15 is 0 Å². The van der Waals surface area contributed by atoms with Gasteiger partial charge in [-0.15, -0.1) is 0 Å². The molecule has 3 N–H and O–H groups in total. The molecular formula is C14H16N4O2. The van der Waals surface area contributed by atoms with Crippen molar-refractivity contribution in [2.24, 2.45) is 0 Å². The van der Waals surface area contributed by atoms with E-state index in [1.54, 1.807) is 7.11 Å². The first-order chi connectivity index (χ1) is 9.76. The Morgan fingerprint density at radius 2 is 2.35 bits per heavy atom. The Bertz CT molecular complexity index is 681. The summed E-state index contributed by atoms with van der Waals surface area (Å²) in [5.41, 5.74) is 1.34. The minimum Gasteiger partial charge on any atom is -0.497 e. The molecule has 1 aromatic heterocycles. The molecule has 6 nitrogen and oxygen atoms in total. The maximum atomic E-state index is 12.7. The quantitative estimate of drug-likeness (QED) is 0.707. The van der Waals surface area contributed by atoms with Crippen LogP contribution in [-0.4, -0.2) is 47.8 Å². The zero-order valence-corrected chi connectivity index (χ0v) is 11.1. The number of hydrogen-bond acceptors (Lipinski definition) is 5. The first-order valence-electron chi connectivity index (χ1n) is 6.82. The van der Waals surface area contributed by atoms with Crippen LogP contribution in [0.25, 0.3) is 10.9 Å². The summed E-state index contributed by atoms with van der Waals surface area (Å²) in [7, 11) is 1.62. The Labute approximate surface area is 115 Å². The topological polar surface area (TPSA) is 79.0 Å². The van der Waals surface area contributed by atoms with E-state index in [4.69, 9.17) is 4.74 Å². The van der Waals surface area contributed by atoms with E-state index in [-0.39, 0.29) is 17.9 Å². The van der Waals surface area contributed by atoms with Crippen LogP contribution >= 0.6 is 0 Å². The van der Waals surface area contributed by atoms with Crippen LogP contribution in [0, 0.1) is 0 Å². The van der Waals surface area contributed by atoms with Crippen LogP contribution in [0.5, 0.6) is 5.75 Å². The number of hydrogen-bond donors (Lipinski definition) is 3. The maximum Gasteiger partial charge on any atom is 0.202 e. The third-order valence-electron chi connectivity index (χ3n) is 4.27. The Morgan fingerprint density at radius 3 is 3.05 bits per heavy atom. The molecule has 0 radical (unpaired) electrons. The van der Waals surface area contributed by atoms with E-state index in [0.29, 0.717) is 11.7 Å². The van der Waals surface area contributed by atoms with Gasteiger partial charge in [-0.3, -0.25) is 9.89 Å². The zero-order chi connectivity index (χ0) is 13.7. The highest BCUT2D eigenvalue weighted by Crippen LogP contribution is 2.26. The van der Waals surface area contributed by atoms with Crippen LogP contribution in [0.15, 0.2) is 18.2 Å². The molecule has 0 aliphatic carbocycles. The number of piperazine rings is 1. The van der Waals surface area contributed by atoms with Gasteiger partial charge in [0.1, 0.15) is 11.4 Å². The molecule has 3 heterocycles. The Morgan fingerprint density at radius 1 is 1.45 bits per heavy atom. The van der Waals surface area contributed by atoms with Gasteiger partial charge >= 0.3 is 0 Å². The predicted octanol–water partition coefficient (Wildman–Crippen LogP) is 0.456. The Kier molecular flexibility index (Phi) is 2.55. The number of fused-ring (bicyclic) bond motifs is 3. The monoisotopic (exact) mass is 272 g/mol. The zero-order valence-electron chi connectivity index (χ0n) is 11.1.